The molecule has 25 heavy (non-hydrogen) atoms. The third-order valence-electron chi connectivity index (χ3n) is 5.68. The van der Waals surface area contributed by atoms with E-state index in [4.69, 9.17) is 4.74 Å². The number of amides is 3. The summed E-state index contributed by atoms with van der Waals surface area (Å²) >= 11 is 0. The minimum atomic E-state index is -0.0548. The van der Waals surface area contributed by atoms with Gasteiger partial charge in [0, 0.05) is 32.9 Å². The first-order valence-electron chi connectivity index (χ1n) is 9.08. The minimum absolute atomic E-state index is 0.0119. The fourth-order valence-corrected chi connectivity index (χ4v) is 4.06. The molecule has 0 aromatic carbocycles. The maximum atomic E-state index is 13.0. The second kappa shape index (κ2) is 6.67. The molecular weight excluding hydrogens is 322 g/mol. The Bertz CT molecular complexity index is 656. The predicted molar refractivity (Wildman–Crippen MR) is 90.3 cm³/mol. The van der Waals surface area contributed by atoms with E-state index in [0.29, 0.717) is 38.0 Å². The van der Waals surface area contributed by atoms with E-state index in [2.05, 4.69) is 10.4 Å². The molecule has 0 spiro atoms. The quantitative estimate of drug-likeness (QED) is 0.857. The molecule has 2 atom stereocenters. The maximum Gasteiger partial charge on any atom is 0.318 e. The van der Waals surface area contributed by atoms with E-state index in [9.17, 15) is 9.59 Å². The molecule has 3 fully saturated rings. The summed E-state index contributed by atoms with van der Waals surface area (Å²) in [6, 6.07) is 2.25. The number of piperidine rings is 1. The lowest BCUT2D eigenvalue weighted by molar-refractivity contribution is 0.0623. The normalized spacial score (nSPS) is 26.4. The number of fused-ring (bicyclic) bond motifs is 1. The van der Waals surface area contributed by atoms with Crippen molar-refractivity contribution in [1.29, 1.82) is 0 Å². The summed E-state index contributed by atoms with van der Waals surface area (Å²) in [4.78, 5) is 28.8. The van der Waals surface area contributed by atoms with Gasteiger partial charge in [-0.1, -0.05) is 0 Å². The second-order valence-corrected chi connectivity index (χ2v) is 7.10. The highest BCUT2D eigenvalue weighted by Crippen LogP contribution is 2.32. The number of carbonyl (C=O) groups excluding carboxylic acids is 2. The highest BCUT2D eigenvalue weighted by molar-refractivity contribution is 5.93. The molecule has 2 aliphatic heterocycles. The highest BCUT2D eigenvalue weighted by Gasteiger charge is 2.43. The van der Waals surface area contributed by atoms with E-state index in [1.54, 1.807) is 13.3 Å². The second-order valence-electron chi connectivity index (χ2n) is 7.10. The number of methoxy groups -OCH3 is 1. The molecule has 0 unspecified atom stereocenters. The van der Waals surface area contributed by atoms with Crippen LogP contribution in [0.1, 0.15) is 42.2 Å². The van der Waals surface area contributed by atoms with E-state index in [1.807, 2.05) is 20.5 Å². The SMILES string of the molecule is COCCN1C(=O)N[C@@H]2CN(C(=O)c3ccnn3C3CCC3)CC[C@@H]21. The van der Waals surface area contributed by atoms with Crippen LogP contribution in [0.25, 0.3) is 0 Å². The third kappa shape index (κ3) is 2.88. The maximum absolute atomic E-state index is 13.0. The number of aromatic nitrogens is 2. The Hall–Kier alpha value is -2.09. The Morgan fingerprint density at radius 3 is 2.96 bits per heavy atom. The minimum Gasteiger partial charge on any atom is -0.383 e. The summed E-state index contributed by atoms with van der Waals surface area (Å²) in [5, 5.41) is 7.38. The van der Waals surface area contributed by atoms with Gasteiger partial charge in [0.25, 0.3) is 5.91 Å². The van der Waals surface area contributed by atoms with Crippen molar-refractivity contribution in [3.05, 3.63) is 18.0 Å². The summed E-state index contributed by atoms with van der Waals surface area (Å²) in [5.74, 6) is 0.0208. The number of carbonyl (C=O) groups is 2. The van der Waals surface area contributed by atoms with Crippen molar-refractivity contribution in [2.45, 2.75) is 43.8 Å². The Morgan fingerprint density at radius 1 is 1.40 bits per heavy atom. The first-order chi connectivity index (χ1) is 12.2. The zero-order valence-corrected chi connectivity index (χ0v) is 14.6. The molecule has 0 radical (unpaired) electrons. The Balaban J connectivity index is 1.43. The summed E-state index contributed by atoms with van der Waals surface area (Å²) in [6.07, 6.45) is 5.89. The molecule has 8 heteroatoms. The van der Waals surface area contributed by atoms with E-state index < -0.39 is 0 Å². The molecule has 3 heterocycles. The topological polar surface area (TPSA) is 79.7 Å². The molecule has 1 saturated carbocycles. The van der Waals surface area contributed by atoms with Gasteiger partial charge in [0.05, 0.1) is 24.7 Å². The van der Waals surface area contributed by atoms with Gasteiger partial charge in [-0.15, -0.1) is 0 Å². The molecule has 4 rings (SSSR count). The Morgan fingerprint density at radius 2 is 2.24 bits per heavy atom. The number of hydrogen-bond donors (Lipinski definition) is 1. The standard InChI is InChI=1S/C17H25N5O3/c1-25-10-9-21-14-6-8-20(11-13(14)19-17(21)24)16(23)15-5-7-18-22(15)12-3-2-4-12/h5,7,12-14H,2-4,6,8-11H2,1H3,(H,19,24)/t13-,14+/m1/s1. The number of rotatable bonds is 5. The molecule has 3 aliphatic rings. The number of urea groups is 1. The highest BCUT2D eigenvalue weighted by atomic mass is 16.5. The van der Waals surface area contributed by atoms with E-state index in [0.717, 1.165) is 19.3 Å². The largest absolute Gasteiger partial charge is 0.383 e. The average Bonchev–Trinajstić information content (AvgIpc) is 3.14. The fraction of sp³-hybridized carbons (Fsp3) is 0.706. The molecule has 1 aliphatic carbocycles. The lowest BCUT2D eigenvalue weighted by Crippen LogP contribution is -2.53. The van der Waals surface area contributed by atoms with Gasteiger partial charge < -0.3 is 19.9 Å². The van der Waals surface area contributed by atoms with Gasteiger partial charge in [0.15, 0.2) is 0 Å². The van der Waals surface area contributed by atoms with Crippen LogP contribution in [-0.2, 0) is 4.74 Å². The summed E-state index contributed by atoms with van der Waals surface area (Å²) in [6.45, 7) is 2.33. The van der Waals surface area contributed by atoms with Gasteiger partial charge >= 0.3 is 6.03 Å². The third-order valence-corrected chi connectivity index (χ3v) is 5.68. The van der Waals surface area contributed by atoms with Gasteiger partial charge in [-0.05, 0) is 31.7 Å². The number of likely N-dealkylation sites (tertiary alicyclic amines) is 1. The average molecular weight is 347 g/mol. The van der Waals surface area contributed by atoms with Crippen LogP contribution in [0.3, 0.4) is 0 Å². The van der Waals surface area contributed by atoms with E-state index >= 15 is 0 Å². The summed E-state index contributed by atoms with van der Waals surface area (Å²) in [7, 11) is 1.64. The molecule has 1 aromatic heterocycles. The first kappa shape index (κ1) is 16.4. The number of hydrogen-bond acceptors (Lipinski definition) is 4. The number of nitrogens with one attached hydrogen (secondary N) is 1. The molecule has 8 nitrogen and oxygen atoms in total. The van der Waals surface area contributed by atoms with Crippen molar-refractivity contribution in [1.82, 2.24) is 24.9 Å². The Labute approximate surface area is 147 Å². The van der Waals surface area contributed by atoms with Crippen molar-refractivity contribution in [2.24, 2.45) is 0 Å². The van der Waals surface area contributed by atoms with Crippen molar-refractivity contribution in [3.8, 4) is 0 Å². The zero-order valence-electron chi connectivity index (χ0n) is 14.6. The monoisotopic (exact) mass is 347 g/mol. The van der Waals surface area contributed by atoms with Gasteiger partial charge in [-0.2, -0.15) is 5.10 Å². The molecule has 0 bridgehead atoms. The summed E-state index contributed by atoms with van der Waals surface area (Å²) < 4.78 is 6.98. The van der Waals surface area contributed by atoms with Gasteiger partial charge in [0.1, 0.15) is 5.69 Å². The van der Waals surface area contributed by atoms with E-state index in [1.165, 1.54) is 6.42 Å². The lowest BCUT2D eigenvalue weighted by atomic mass is 9.93. The van der Waals surface area contributed by atoms with E-state index in [-0.39, 0.29) is 24.0 Å². The van der Waals surface area contributed by atoms with Crippen LogP contribution in [0.15, 0.2) is 12.3 Å². The fourth-order valence-electron chi connectivity index (χ4n) is 4.06. The lowest BCUT2D eigenvalue weighted by Gasteiger charge is -2.37. The molecule has 2 saturated heterocycles. The molecular formula is C17H25N5O3. The van der Waals surface area contributed by atoms with Crippen molar-refractivity contribution < 1.29 is 14.3 Å². The van der Waals surface area contributed by atoms with Crippen molar-refractivity contribution in [2.75, 3.05) is 33.4 Å². The van der Waals surface area contributed by atoms with Crippen molar-refractivity contribution in [3.63, 3.8) is 0 Å². The number of ether oxygens (including phenoxy) is 1. The van der Waals surface area contributed by atoms with Crippen LogP contribution in [-0.4, -0.2) is 77.0 Å². The molecule has 136 valence electrons. The van der Waals surface area contributed by atoms with Crippen LogP contribution in [0.4, 0.5) is 4.79 Å². The van der Waals surface area contributed by atoms with Gasteiger partial charge in [-0.3, -0.25) is 9.48 Å². The van der Waals surface area contributed by atoms with Crippen LogP contribution in [0.5, 0.6) is 0 Å². The van der Waals surface area contributed by atoms with Gasteiger partial charge in [0.2, 0.25) is 0 Å². The zero-order chi connectivity index (χ0) is 17.4. The smallest absolute Gasteiger partial charge is 0.318 e. The van der Waals surface area contributed by atoms with Crippen LogP contribution >= 0.6 is 0 Å². The van der Waals surface area contributed by atoms with Gasteiger partial charge in [-0.25, -0.2) is 4.79 Å². The van der Waals surface area contributed by atoms with Crippen LogP contribution in [0.2, 0.25) is 0 Å². The predicted octanol–water partition coefficient (Wildman–Crippen LogP) is 0.863. The summed E-state index contributed by atoms with van der Waals surface area (Å²) in [5.41, 5.74) is 0.670. The molecule has 1 aromatic rings. The van der Waals surface area contributed by atoms with Crippen LogP contribution in [0, 0.1) is 0 Å². The van der Waals surface area contributed by atoms with Crippen molar-refractivity contribution >= 4 is 11.9 Å². The Kier molecular flexibility index (Phi) is 4.37. The van der Waals surface area contributed by atoms with Crippen LogP contribution < -0.4 is 5.32 Å². The first-order valence-corrected chi connectivity index (χ1v) is 9.08. The molecule has 1 N–H and O–H groups in total. The number of nitrogens with zero attached hydrogens (tertiary/aromatic N) is 4. The molecule has 3 amide bonds.